The van der Waals surface area contributed by atoms with Crippen LogP contribution < -0.4 is 10.6 Å². The predicted octanol–water partition coefficient (Wildman–Crippen LogP) is 4.75. The minimum Gasteiger partial charge on any atom is -0.469 e. The van der Waals surface area contributed by atoms with Gasteiger partial charge >= 0.3 is 0 Å². The Hall–Kier alpha value is -3.05. The number of rotatable bonds is 4. The molecule has 3 rings (SSSR count). The Kier molecular flexibility index (Phi) is 4.86. The largest absolute Gasteiger partial charge is 0.469 e. The van der Waals surface area contributed by atoms with E-state index in [1.165, 1.54) is 6.26 Å². The van der Waals surface area contributed by atoms with Gasteiger partial charge in [-0.3, -0.25) is 9.59 Å². The zero-order valence-corrected chi connectivity index (χ0v) is 14.1. The number of anilines is 2. The van der Waals surface area contributed by atoms with Gasteiger partial charge in [0.1, 0.15) is 5.76 Å². The second kappa shape index (κ2) is 7.23. The van der Waals surface area contributed by atoms with Crippen molar-refractivity contribution in [3.8, 4) is 0 Å². The van der Waals surface area contributed by atoms with E-state index >= 15 is 0 Å². The summed E-state index contributed by atoms with van der Waals surface area (Å²) in [6.07, 6.45) is 1.45. The maximum absolute atomic E-state index is 12.5. The Bertz CT molecular complexity index is 916. The fourth-order valence-corrected chi connectivity index (χ4v) is 2.46. The highest BCUT2D eigenvalue weighted by atomic mass is 35.5. The van der Waals surface area contributed by atoms with Gasteiger partial charge in [0, 0.05) is 10.7 Å². The lowest BCUT2D eigenvalue weighted by Gasteiger charge is -2.11. The Balaban J connectivity index is 1.80. The molecule has 2 N–H and O–H groups in total. The molecule has 0 unspecified atom stereocenters. The molecule has 0 saturated heterocycles. The summed E-state index contributed by atoms with van der Waals surface area (Å²) in [6.45, 7) is 1.70. The van der Waals surface area contributed by atoms with Crippen LogP contribution in [0.4, 0.5) is 11.4 Å². The van der Waals surface area contributed by atoms with Gasteiger partial charge in [-0.05, 0) is 49.4 Å². The highest BCUT2D eigenvalue weighted by Gasteiger charge is 2.16. The second-order valence-corrected chi connectivity index (χ2v) is 5.79. The van der Waals surface area contributed by atoms with Crippen LogP contribution in [0.5, 0.6) is 0 Å². The Morgan fingerprint density at radius 2 is 1.56 bits per heavy atom. The SMILES string of the molecule is Cc1occc1C(=O)Nc1ccccc1C(=O)Nc1ccc(Cl)cc1. The molecule has 0 saturated carbocycles. The predicted molar refractivity (Wildman–Crippen MR) is 97.2 cm³/mol. The molecule has 0 fully saturated rings. The molecule has 126 valence electrons. The van der Waals surface area contributed by atoms with Crippen molar-refractivity contribution >= 4 is 34.8 Å². The number of nitrogens with one attached hydrogen (secondary N) is 2. The molecule has 0 bridgehead atoms. The smallest absolute Gasteiger partial charge is 0.259 e. The van der Waals surface area contributed by atoms with Crippen LogP contribution in [0, 0.1) is 6.92 Å². The normalized spacial score (nSPS) is 10.3. The number of benzene rings is 2. The van der Waals surface area contributed by atoms with Crippen molar-refractivity contribution in [1.82, 2.24) is 0 Å². The van der Waals surface area contributed by atoms with Gasteiger partial charge in [-0.1, -0.05) is 23.7 Å². The molecule has 0 radical (unpaired) electrons. The third kappa shape index (κ3) is 3.89. The average Bonchev–Trinajstić information content (AvgIpc) is 3.03. The van der Waals surface area contributed by atoms with E-state index in [-0.39, 0.29) is 11.8 Å². The topological polar surface area (TPSA) is 71.3 Å². The van der Waals surface area contributed by atoms with E-state index < -0.39 is 0 Å². The van der Waals surface area contributed by atoms with Crippen molar-refractivity contribution < 1.29 is 14.0 Å². The van der Waals surface area contributed by atoms with Gasteiger partial charge in [0.2, 0.25) is 0 Å². The van der Waals surface area contributed by atoms with E-state index in [4.69, 9.17) is 16.0 Å². The zero-order chi connectivity index (χ0) is 17.8. The second-order valence-electron chi connectivity index (χ2n) is 5.35. The maximum Gasteiger partial charge on any atom is 0.259 e. The number of furan rings is 1. The first kappa shape index (κ1) is 16.8. The first-order valence-electron chi connectivity index (χ1n) is 7.56. The van der Waals surface area contributed by atoms with Crippen molar-refractivity contribution in [1.29, 1.82) is 0 Å². The van der Waals surface area contributed by atoms with Gasteiger partial charge in [-0.15, -0.1) is 0 Å². The Morgan fingerprint density at radius 3 is 2.24 bits per heavy atom. The molecule has 3 aromatic rings. The van der Waals surface area contributed by atoms with Crippen LogP contribution in [0.3, 0.4) is 0 Å². The fourth-order valence-electron chi connectivity index (χ4n) is 2.33. The molecule has 0 atom stereocenters. The Labute approximate surface area is 149 Å². The van der Waals surface area contributed by atoms with Gasteiger partial charge in [0.05, 0.1) is 23.1 Å². The molecule has 6 heteroatoms. The van der Waals surface area contributed by atoms with Crippen LogP contribution in [-0.4, -0.2) is 11.8 Å². The lowest BCUT2D eigenvalue weighted by Crippen LogP contribution is -2.18. The Morgan fingerprint density at radius 1 is 0.880 bits per heavy atom. The number of carbonyl (C=O) groups is 2. The fraction of sp³-hybridized carbons (Fsp3) is 0.0526. The molecule has 5 nitrogen and oxygen atoms in total. The first-order valence-corrected chi connectivity index (χ1v) is 7.94. The van der Waals surface area contributed by atoms with E-state index in [0.717, 1.165) is 0 Å². The summed E-state index contributed by atoms with van der Waals surface area (Å²) >= 11 is 5.84. The molecule has 2 aromatic carbocycles. The highest BCUT2D eigenvalue weighted by Crippen LogP contribution is 2.20. The van der Waals surface area contributed by atoms with Gasteiger partial charge in [0.15, 0.2) is 0 Å². The summed E-state index contributed by atoms with van der Waals surface area (Å²) in [5, 5.41) is 6.11. The number of carbonyl (C=O) groups excluding carboxylic acids is 2. The van der Waals surface area contributed by atoms with Crippen LogP contribution in [0.2, 0.25) is 5.02 Å². The van der Waals surface area contributed by atoms with E-state index in [9.17, 15) is 9.59 Å². The van der Waals surface area contributed by atoms with Crippen molar-refractivity contribution in [2.45, 2.75) is 6.92 Å². The molecule has 25 heavy (non-hydrogen) atoms. The third-order valence-electron chi connectivity index (χ3n) is 3.63. The molecular weight excluding hydrogens is 340 g/mol. The number of hydrogen-bond donors (Lipinski definition) is 2. The minimum atomic E-state index is -0.335. The quantitative estimate of drug-likeness (QED) is 0.710. The molecule has 0 aliphatic heterocycles. The average molecular weight is 355 g/mol. The van der Waals surface area contributed by atoms with Gasteiger partial charge in [-0.25, -0.2) is 0 Å². The monoisotopic (exact) mass is 354 g/mol. The van der Waals surface area contributed by atoms with Crippen molar-refractivity contribution in [2.75, 3.05) is 10.6 Å². The number of amides is 2. The van der Waals surface area contributed by atoms with E-state index in [2.05, 4.69) is 10.6 Å². The van der Waals surface area contributed by atoms with Crippen molar-refractivity contribution in [3.05, 3.63) is 82.8 Å². The summed E-state index contributed by atoms with van der Waals surface area (Å²) in [5.41, 5.74) is 1.81. The van der Waals surface area contributed by atoms with E-state index in [1.807, 2.05) is 0 Å². The molecular formula is C19H15ClN2O3. The van der Waals surface area contributed by atoms with E-state index in [0.29, 0.717) is 33.3 Å². The summed E-state index contributed by atoms with van der Waals surface area (Å²) < 4.78 is 5.14. The lowest BCUT2D eigenvalue weighted by molar-refractivity contribution is 0.102. The van der Waals surface area contributed by atoms with Crippen LogP contribution in [0.1, 0.15) is 26.5 Å². The van der Waals surface area contributed by atoms with Crippen LogP contribution in [-0.2, 0) is 0 Å². The van der Waals surface area contributed by atoms with Gasteiger partial charge < -0.3 is 15.1 Å². The third-order valence-corrected chi connectivity index (χ3v) is 3.88. The molecule has 0 aliphatic rings. The van der Waals surface area contributed by atoms with Crippen LogP contribution in [0.15, 0.2) is 65.3 Å². The summed E-state index contributed by atoms with van der Waals surface area (Å²) in [4.78, 5) is 24.9. The summed E-state index contributed by atoms with van der Waals surface area (Å²) in [7, 11) is 0. The first-order chi connectivity index (χ1) is 12.0. The molecule has 1 heterocycles. The molecule has 1 aromatic heterocycles. The maximum atomic E-state index is 12.5. The number of halogens is 1. The van der Waals surface area contributed by atoms with Crippen molar-refractivity contribution in [2.24, 2.45) is 0 Å². The lowest BCUT2D eigenvalue weighted by atomic mass is 10.1. The summed E-state index contributed by atoms with van der Waals surface area (Å²) in [5.74, 6) is -0.152. The highest BCUT2D eigenvalue weighted by molar-refractivity contribution is 6.30. The van der Waals surface area contributed by atoms with Crippen LogP contribution in [0.25, 0.3) is 0 Å². The molecule has 0 aliphatic carbocycles. The summed E-state index contributed by atoms with van der Waals surface area (Å²) in [6, 6.07) is 15.2. The zero-order valence-electron chi connectivity index (χ0n) is 13.4. The van der Waals surface area contributed by atoms with E-state index in [1.54, 1.807) is 61.5 Å². The van der Waals surface area contributed by atoms with Crippen molar-refractivity contribution in [3.63, 3.8) is 0 Å². The standard InChI is InChI=1S/C19H15ClN2O3/c1-12-15(10-11-25-12)18(23)22-17-5-3-2-4-16(17)19(24)21-14-8-6-13(20)7-9-14/h2-11H,1H3,(H,21,24)(H,22,23). The number of aryl methyl sites for hydroxylation is 1. The van der Waals surface area contributed by atoms with Crippen LogP contribution >= 0.6 is 11.6 Å². The molecule has 2 amide bonds. The minimum absolute atomic E-state index is 0.331. The van der Waals surface area contributed by atoms with Gasteiger partial charge in [0.25, 0.3) is 11.8 Å². The van der Waals surface area contributed by atoms with Gasteiger partial charge in [-0.2, -0.15) is 0 Å². The number of hydrogen-bond acceptors (Lipinski definition) is 3. The number of para-hydroxylation sites is 1. The molecule has 0 spiro atoms.